The minimum absolute atomic E-state index is 0.562. The van der Waals surface area contributed by atoms with Gasteiger partial charge in [0.1, 0.15) is 5.75 Å². The first-order chi connectivity index (χ1) is 10.3. The van der Waals surface area contributed by atoms with Crippen LogP contribution in [-0.2, 0) is 6.54 Å². The van der Waals surface area contributed by atoms with E-state index in [0.717, 1.165) is 17.9 Å². The molecule has 0 saturated carbocycles. The topological polar surface area (TPSA) is 52.6 Å². The van der Waals surface area contributed by atoms with Crippen molar-refractivity contribution in [1.82, 2.24) is 10.3 Å². The van der Waals surface area contributed by atoms with Crippen LogP contribution in [-0.4, -0.2) is 25.7 Å². The molecule has 21 heavy (non-hydrogen) atoms. The molecule has 0 spiro atoms. The molecule has 2 aromatic rings. The Labute approximate surface area is 124 Å². The summed E-state index contributed by atoms with van der Waals surface area (Å²) in [7, 11) is 3.21. The summed E-state index contributed by atoms with van der Waals surface area (Å²) in [6.07, 6.45) is 3.49. The van der Waals surface area contributed by atoms with Crippen LogP contribution in [0.25, 0.3) is 0 Å². The van der Waals surface area contributed by atoms with Gasteiger partial charge in [-0.05, 0) is 24.7 Å². The predicted octanol–water partition coefficient (Wildman–Crippen LogP) is 3.00. The van der Waals surface area contributed by atoms with Gasteiger partial charge in [-0.3, -0.25) is 4.98 Å². The summed E-state index contributed by atoms with van der Waals surface area (Å²) in [5.74, 6) is 2.54. The number of nitrogens with zero attached hydrogens (tertiary/aromatic N) is 1. The van der Waals surface area contributed by atoms with Gasteiger partial charge >= 0.3 is 0 Å². The van der Waals surface area contributed by atoms with Gasteiger partial charge in [0.15, 0.2) is 11.5 Å². The highest BCUT2D eigenvalue weighted by Gasteiger charge is 2.14. The number of aromatic nitrogens is 1. The quantitative estimate of drug-likeness (QED) is 0.848. The van der Waals surface area contributed by atoms with Crippen LogP contribution >= 0.6 is 0 Å². The Balaban J connectivity index is 2.34. The van der Waals surface area contributed by atoms with Crippen molar-refractivity contribution in [2.45, 2.75) is 13.5 Å². The van der Waals surface area contributed by atoms with E-state index in [0.29, 0.717) is 23.8 Å². The zero-order valence-electron chi connectivity index (χ0n) is 12.6. The SMILES string of the molecule is CCNCc1cnccc1Oc1c(OC)cccc1OC. The van der Waals surface area contributed by atoms with Crippen LogP contribution < -0.4 is 19.5 Å². The van der Waals surface area contributed by atoms with Crippen LogP contribution in [0.2, 0.25) is 0 Å². The molecule has 5 nitrogen and oxygen atoms in total. The lowest BCUT2D eigenvalue weighted by Gasteiger charge is -2.16. The molecule has 0 atom stereocenters. The van der Waals surface area contributed by atoms with E-state index in [2.05, 4.69) is 17.2 Å². The monoisotopic (exact) mass is 288 g/mol. The van der Waals surface area contributed by atoms with Gasteiger partial charge in [-0.15, -0.1) is 0 Å². The van der Waals surface area contributed by atoms with Crippen molar-refractivity contribution in [3.63, 3.8) is 0 Å². The summed E-state index contributed by atoms with van der Waals surface area (Å²) >= 11 is 0. The third-order valence-electron chi connectivity index (χ3n) is 3.02. The first-order valence-corrected chi connectivity index (χ1v) is 6.82. The Morgan fingerprint density at radius 2 is 1.76 bits per heavy atom. The molecule has 0 aliphatic rings. The van der Waals surface area contributed by atoms with Gasteiger partial charge in [-0.2, -0.15) is 0 Å². The van der Waals surface area contributed by atoms with Crippen LogP contribution in [0.1, 0.15) is 12.5 Å². The predicted molar refractivity (Wildman–Crippen MR) is 81.2 cm³/mol. The molecule has 1 N–H and O–H groups in total. The second-order valence-corrected chi connectivity index (χ2v) is 4.36. The summed E-state index contributed by atoms with van der Waals surface area (Å²) in [6.45, 7) is 3.63. The number of hydrogen-bond acceptors (Lipinski definition) is 5. The number of rotatable bonds is 7. The number of para-hydroxylation sites is 1. The van der Waals surface area contributed by atoms with Crippen LogP contribution in [0.15, 0.2) is 36.7 Å². The van der Waals surface area contributed by atoms with Crippen LogP contribution in [0.4, 0.5) is 0 Å². The minimum atomic E-state index is 0.562. The van der Waals surface area contributed by atoms with Crippen LogP contribution in [0.3, 0.4) is 0 Å². The first kappa shape index (κ1) is 15.1. The average Bonchev–Trinajstić information content (AvgIpc) is 2.54. The fourth-order valence-electron chi connectivity index (χ4n) is 1.93. The van der Waals surface area contributed by atoms with E-state index in [4.69, 9.17) is 14.2 Å². The highest BCUT2D eigenvalue weighted by molar-refractivity contribution is 5.53. The standard InChI is InChI=1S/C16H20N2O3/c1-4-17-10-12-11-18-9-8-13(12)21-16-14(19-2)6-5-7-15(16)20-3/h5-9,11,17H,4,10H2,1-3H3. The van der Waals surface area contributed by atoms with E-state index in [1.165, 1.54) is 0 Å². The Hall–Kier alpha value is -2.27. The molecule has 0 unspecified atom stereocenters. The molecule has 0 radical (unpaired) electrons. The van der Waals surface area contributed by atoms with Crippen molar-refractivity contribution in [3.05, 3.63) is 42.2 Å². The summed E-state index contributed by atoms with van der Waals surface area (Å²) in [5.41, 5.74) is 0.979. The Morgan fingerprint density at radius 3 is 2.38 bits per heavy atom. The first-order valence-electron chi connectivity index (χ1n) is 6.82. The summed E-state index contributed by atoms with van der Waals surface area (Å²) in [4.78, 5) is 4.14. The molecule has 1 heterocycles. The molecule has 112 valence electrons. The molecule has 2 rings (SSSR count). The third-order valence-corrected chi connectivity index (χ3v) is 3.02. The summed E-state index contributed by atoms with van der Waals surface area (Å²) in [5, 5.41) is 3.27. The van der Waals surface area contributed by atoms with Gasteiger partial charge in [-0.1, -0.05) is 13.0 Å². The average molecular weight is 288 g/mol. The number of pyridine rings is 1. The molecule has 0 saturated heterocycles. The van der Waals surface area contributed by atoms with E-state index < -0.39 is 0 Å². The zero-order chi connectivity index (χ0) is 15.1. The van der Waals surface area contributed by atoms with E-state index in [1.807, 2.05) is 24.3 Å². The number of ether oxygens (including phenoxy) is 3. The largest absolute Gasteiger partial charge is 0.493 e. The molecule has 0 bridgehead atoms. The highest BCUT2D eigenvalue weighted by Crippen LogP contribution is 2.40. The van der Waals surface area contributed by atoms with E-state index in [-0.39, 0.29) is 0 Å². The fourth-order valence-corrected chi connectivity index (χ4v) is 1.93. The maximum atomic E-state index is 6.02. The van der Waals surface area contributed by atoms with Gasteiger partial charge in [-0.25, -0.2) is 0 Å². The molecule has 0 fully saturated rings. The minimum Gasteiger partial charge on any atom is -0.493 e. The molecule has 0 aliphatic carbocycles. The Bertz CT molecular complexity index is 565. The highest BCUT2D eigenvalue weighted by atomic mass is 16.5. The summed E-state index contributed by atoms with van der Waals surface area (Å²) in [6, 6.07) is 7.36. The lowest BCUT2D eigenvalue weighted by atomic mass is 10.2. The molecular formula is C16H20N2O3. The molecule has 5 heteroatoms. The van der Waals surface area contributed by atoms with Crippen molar-refractivity contribution in [3.8, 4) is 23.0 Å². The van der Waals surface area contributed by atoms with Crippen molar-refractivity contribution in [2.24, 2.45) is 0 Å². The molecule has 1 aromatic heterocycles. The fraction of sp³-hybridized carbons (Fsp3) is 0.312. The number of benzene rings is 1. The van der Waals surface area contributed by atoms with E-state index >= 15 is 0 Å². The van der Waals surface area contributed by atoms with Crippen molar-refractivity contribution >= 4 is 0 Å². The lowest BCUT2D eigenvalue weighted by Crippen LogP contribution is -2.12. The van der Waals surface area contributed by atoms with Gasteiger partial charge in [0, 0.05) is 24.5 Å². The van der Waals surface area contributed by atoms with Crippen molar-refractivity contribution in [1.29, 1.82) is 0 Å². The third kappa shape index (κ3) is 3.64. The maximum absolute atomic E-state index is 6.02. The van der Waals surface area contributed by atoms with E-state index in [1.54, 1.807) is 26.6 Å². The van der Waals surface area contributed by atoms with Gasteiger partial charge in [0.05, 0.1) is 14.2 Å². The number of methoxy groups -OCH3 is 2. The second kappa shape index (κ2) is 7.50. The molecule has 1 aromatic carbocycles. The molecule has 0 aliphatic heterocycles. The van der Waals surface area contributed by atoms with Gasteiger partial charge in [0.2, 0.25) is 5.75 Å². The second-order valence-electron chi connectivity index (χ2n) is 4.36. The number of hydrogen-bond donors (Lipinski definition) is 1. The molecular weight excluding hydrogens is 268 g/mol. The van der Waals surface area contributed by atoms with Crippen LogP contribution in [0.5, 0.6) is 23.0 Å². The van der Waals surface area contributed by atoms with Gasteiger partial charge in [0.25, 0.3) is 0 Å². The Kier molecular flexibility index (Phi) is 5.40. The smallest absolute Gasteiger partial charge is 0.211 e. The van der Waals surface area contributed by atoms with Crippen molar-refractivity contribution < 1.29 is 14.2 Å². The van der Waals surface area contributed by atoms with Gasteiger partial charge < -0.3 is 19.5 Å². The zero-order valence-corrected chi connectivity index (χ0v) is 12.6. The molecule has 0 amide bonds. The van der Waals surface area contributed by atoms with E-state index in [9.17, 15) is 0 Å². The lowest BCUT2D eigenvalue weighted by molar-refractivity contribution is 0.344. The van der Waals surface area contributed by atoms with Crippen molar-refractivity contribution in [2.75, 3.05) is 20.8 Å². The Morgan fingerprint density at radius 1 is 1.05 bits per heavy atom. The van der Waals surface area contributed by atoms with Crippen LogP contribution in [0, 0.1) is 0 Å². The normalized spacial score (nSPS) is 10.2. The maximum Gasteiger partial charge on any atom is 0.211 e. The number of nitrogens with one attached hydrogen (secondary N) is 1. The summed E-state index contributed by atoms with van der Waals surface area (Å²) < 4.78 is 16.7.